The minimum Gasteiger partial charge on any atom is -0.493 e. The minimum atomic E-state index is -0.585. The Bertz CT molecular complexity index is 559. The van der Waals surface area contributed by atoms with E-state index in [9.17, 15) is 4.79 Å². The number of methoxy groups -OCH3 is 2. The van der Waals surface area contributed by atoms with Gasteiger partial charge in [0.1, 0.15) is 11.2 Å². The summed E-state index contributed by atoms with van der Waals surface area (Å²) in [5.41, 5.74) is -0.201. The number of carbonyl (C=O) groups excluding carboxylic acids is 1. The van der Waals surface area contributed by atoms with Crippen molar-refractivity contribution in [3.05, 3.63) is 30.2 Å². The fourth-order valence-electron chi connectivity index (χ4n) is 3.00. The lowest BCUT2D eigenvalue weighted by atomic mass is 9.75. The van der Waals surface area contributed by atoms with Gasteiger partial charge in [0.15, 0.2) is 11.5 Å². The van der Waals surface area contributed by atoms with Crippen LogP contribution in [0.25, 0.3) is 0 Å². The number of carbonyl (C=O) groups is 1. The molecule has 2 rings (SSSR count). The van der Waals surface area contributed by atoms with Gasteiger partial charge in [-0.1, -0.05) is 19.9 Å². The van der Waals surface area contributed by atoms with Gasteiger partial charge in [-0.15, -0.1) is 0 Å². The van der Waals surface area contributed by atoms with Gasteiger partial charge in [0.05, 0.1) is 14.2 Å². The lowest BCUT2D eigenvalue weighted by Crippen LogP contribution is -2.36. The lowest BCUT2D eigenvalue weighted by Gasteiger charge is -2.36. The second-order valence-electron chi connectivity index (χ2n) is 6.83. The lowest BCUT2D eigenvalue weighted by molar-refractivity contribution is -0.317. The van der Waals surface area contributed by atoms with Gasteiger partial charge in [0.25, 0.3) is 0 Å². The highest BCUT2D eigenvalue weighted by atomic mass is 17.2. The number of para-hydroxylation sites is 1. The number of ether oxygens (including phenoxy) is 2. The van der Waals surface area contributed by atoms with E-state index < -0.39 is 11.6 Å². The van der Waals surface area contributed by atoms with Crippen LogP contribution < -0.4 is 9.47 Å². The van der Waals surface area contributed by atoms with Crippen molar-refractivity contribution in [1.29, 1.82) is 0 Å². The molecule has 0 heterocycles. The molecule has 0 bridgehead atoms. The molecule has 5 nitrogen and oxygen atoms in total. The molecule has 0 N–H and O–H groups in total. The Hall–Kier alpha value is -1.75. The summed E-state index contributed by atoms with van der Waals surface area (Å²) >= 11 is 0. The van der Waals surface area contributed by atoms with Crippen LogP contribution in [0.5, 0.6) is 11.5 Å². The first-order chi connectivity index (χ1) is 11.4. The van der Waals surface area contributed by atoms with Crippen LogP contribution in [-0.4, -0.2) is 25.8 Å². The summed E-state index contributed by atoms with van der Waals surface area (Å²) in [6.07, 6.45) is 4.93. The third kappa shape index (κ3) is 4.20. The summed E-state index contributed by atoms with van der Waals surface area (Å²) in [7, 11) is 3.01. The normalized spacial score (nSPS) is 23.8. The first-order valence-corrected chi connectivity index (χ1v) is 8.34. The van der Waals surface area contributed by atoms with Gasteiger partial charge in [-0.05, 0) is 56.6 Å². The van der Waals surface area contributed by atoms with E-state index in [2.05, 4.69) is 20.3 Å². The highest BCUT2D eigenvalue weighted by molar-refractivity contribution is 5.93. The van der Waals surface area contributed by atoms with Gasteiger partial charge in [-0.2, -0.15) is 4.89 Å². The van der Waals surface area contributed by atoms with E-state index in [4.69, 9.17) is 19.2 Å². The average molecular weight is 335 g/mol. The predicted molar refractivity (Wildman–Crippen MR) is 90.9 cm³/mol. The molecule has 24 heavy (non-hydrogen) atoms. The minimum absolute atomic E-state index is 0.278. The van der Waals surface area contributed by atoms with Gasteiger partial charge >= 0.3 is 5.97 Å². The molecule has 1 fully saturated rings. The molecule has 5 heteroatoms. The highest BCUT2D eigenvalue weighted by Crippen LogP contribution is 2.38. The van der Waals surface area contributed by atoms with Crippen LogP contribution >= 0.6 is 0 Å². The number of benzene rings is 1. The molecule has 2 unspecified atom stereocenters. The molecule has 1 radical (unpaired) electrons. The molecular weight excluding hydrogens is 308 g/mol. The van der Waals surface area contributed by atoms with E-state index in [0.29, 0.717) is 23.3 Å². The Labute approximate surface area is 144 Å². The SMILES string of the molecule is COc1cccc(C(=O)OOC2(C)C[CH]C(C(C)C)CC2)c1OC. The molecule has 133 valence electrons. The largest absolute Gasteiger partial charge is 0.493 e. The van der Waals surface area contributed by atoms with Crippen molar-refractivity contribution >= 4 is 5.97 Å². The average Bonchev–Trinajstić information content (AvgIpc) is 2.59. The van der Waals surface area contributed by atoms with Crippen LogP contribution in [0.4, 0.5) is 0 Å². The first-order valence-electron chi connectivity index (χ1n) is 8.34. The molecule has 2 atom stereocenters. The summed E-state index contributed by atoms with van der Waals surface area (Å²) in [5, 5.41) is 0. The number of hydrogen-bond donors (Lipinski definition) is 0. The zero-order chi connectivity index (χ0) is 17.7. The fraction of sp³-hybridized carbons (Fsp3) is 0.579. The Morgan fingerprint density at radius 1 is 1.25 bits per heavy atom. The molecular formula is C19H27O5. The van der Waals surface area contributed by atoms with Crippen molar-refractivity contribution in [2.24, 2.45) is 11.8 Å². The number of rotatable bonds is 6. The summed E-state index contributed by atoms with van der Waals surface area (Å²) in [6, 6.07) is 5.05. The molecule has 0 saturated heterocycles. The second kappa shape index (κ2) is 7.88. The van der Waals surface area contributed by atoms with Gasteiger partial charge in [0, 0.05) is 0 Å². The van der Waals surface area contributed by atoms with Crippen molar-refractivity contribution in [1.82, 2.24) is 0 Å². The second-order valence-corrected chi connectivity index (χ2v) is 6.83. The van der Waals surface area contributed by atoms with Gasteiger partial charge in [-0.25, -0.2) is 4.79 Å². The predicted octanol–water partition coefficient (Wildman–Crippen LogP) is 4.21. The zero-order valence-corrected chi connectivity index (χ0v) is 15.1. The summed E-state index contributed by atoms with van der Waals surface area (Å²) < 4.78 is 10.5. The molecule has 1 saturated carbocycles. The molecule has 0 amide bonds. The van der Waals surface area contributed by atoms with Crippen LogP contribution in [-0.2, 0) is 9.78 Å². The van der Waals surface area contributed by atoms with Crippen molar-refractivity contribution in [3.8, 4) is 11.5 Å². The Kier molecular flexibility index (Phi) is 6.10. The third-order valence-corrected chi connectivity index (χ3v) is 4.66. The molecule has 1 aromatic rings. The Balaban J connectivity index is 1.99. The van der Waals surface area contributed by atoms with Crippen LogP contribution in [0.15, 0.2) is 18.2 Å². The maximum atomic E-state index is 12.4. The quantitative estimate of drug-likeness (QED) is 0.576. The maximum absolute atomic E-state index is 12.4. The zero-order valence-electron chi connectivity index (χ0n) is 15.1. The monoisotopic (exact) mass is 335 g/mol. The smallest absolute Gasteiger partial charge is 0.376 e. The summed E-state index contributed by atoms with van der Waals surface area (Å²) in [5.74, 6) is 1.45. The van der Waals surface area contributed by atoms with Crippen LogP contribution in [0.2, 0.25) is 0 Å². The van der Waals surface area contributed by atoms with Crippen LogP contribution in [0.3, 0.4) is 0 Å². The molecule has 0 aromatic heterocycles. The van der Waals surface area contributed by atoms with Crippen molar-refractivity contribution in [3.63, 3.8) is 0 Å². The standard InChI is InChI=1S/C19H27O5/c1-13(2)14-9-11-19(3,12-10-14)24-23-18(20)15-7-6-8-16(21-4)17(15)22-5/h6-9,13-14H,10-12H2,1-5H3. The van der Waals surface area contributed by atoms with Gasteiger partial charge in [0.2, 0.25) is 0 Å². The number of hydrogen-bond acceptors (Lipinski definition) is 5. The maximum Gasteiger partial charge on any atom is 0.376 e. The van der Waals surface area contributed by atoms with E-state index in [-0.39, 0.29) is 5.56 Å². The van der Waals surface area contributed by atoms with Gasteiger partial charge in [-0.3, -0.25) is 4.89 Å². The molecule has 0 spiro atoms. The molecule has 0 aliphatic heterocycles. The summed E-state index contributed by atoms with van der Waals surface area (Å²) in [6.45, 7) is 6.41. The van der Waals surface area contributed by atoms with E-state index in [1.807, 2.05) is 6.92 Å². The van der Waals surface area contributed by atoms with Crippen LogP contribution in [0, 0.1) is 18.3 Å². The fourth-order valence-corrected chi connectivity index (χ4v) is 3.00. The van der Waals surface area contributed by atoms with E-state index >= 15 is 0 Å². The topological polar surface area (TPSA) is 54.0 Å². The first kappa shape index (κ1) is 18.6. The van der Waals surface area contributed by atoms with E-state index in [1.54, 1.807) is 18.2 Å². The Morgan fingerprint density at radius 2 is 2.00 bits per heavy atom. The highest BCUT2D eigenvalue weighted by Gasteiger charge is 2.35. The van der Waals surface area contributed by atoms with Crippen molar-refractivity contribution in [2.45, 2.75) is 45.6 Å². The van der Waals surface area contributed by atoms with Gasteiger partial charge < -0.3 is 9.47 Å². The van der Waals surface area contributed by atoms with E-state index in [0.717, 1.165) is 19.3 Å². The molecule has 1 aliphatic rings. The van der Waals surface area contributed by atoms with E-state index in [1.165, 1.54) is 14.2 Å². The summed E-state index contributed by atoms with van der Waals surface area (Å²) in [4.78, 5) is 23.0. The third-order valence-electron chi connectivity index (χ3n) is 4.66. The van der Waals surface area contributed by atoms with Crippen molar-refractivity contribution < 1.29 is 24.0 Å². The van der Waals surface area contributed by atoms with Crippen LogP contribution in [0.1, 0.15) is 50.4 Å². The molecule has 1 aromatic carbocycles. The molecule has 1 aliphatic carbocycles. The Morgan fingerprint density at radius 3 is 2.54 bits per heavy atom. The van der Waals surface area contributed by atoms with Crippen molar-refractivity contribution in [2.75, 3.05) is 14.2 Å².